The van der Waals surface area contributed by atoms with Crippen LogP contribution < -0.4 is 29.6 Å². The maximum Gasteiger partial charge on any atom is 1.00 e. The van der Waals surface area contributed by atoms with Crippen LogP contribution in [-0.2, 0) is 35.0 Å². The molecule has 0 spiro atoms. The van der Waals surface area contributed by atoms with Crippen LogP contribution in [0.1, 0.15) is 1.43 Å². The molecule has 0 heterocycles. The summed E-state index contributed by atoms with van der Waals surface area (Å²) in [5.41, 5.74) is 0. The molecule has 2 N–H and O–H groups in total. The molecule has 4 nitrogen and oxygen atoms in total. The largest absolute Gasteiger partial charge is 1.00 e. The van der Waals surface area contributed by atoms with Crippen LogP contribution in [0.5, 0.6) is 0 Å². The average molecular weight is 243 g/mol. The van der Waals surface area contributed by atoms with Crippen LogP contribution in [0.15, 0.2) is 0 Å². The smallest absolute Gasteiger partial charge is 1.00 e. The molecule has 8 heteroatoms. The molecule has 0 bridgehead atoms. The zero-order valence-electron chi connectivity index (χ0n) is 5.66. The van der Waals surface area contributed by atoms with Crippen molar-refractivity contribution in [3.05, 3.63) is 0 Å². The van der Waals surface area contributed by atoms with E-state index >= 15 is 0 Å². The van der Waals surface area contributed by atoms with E-state index in [1.54, 1.807) is 0 Å². The summed E-state index contributed by atoms with van der Waals surface area (Å²) >= 11 is 0. The van der Waals surface area contributed by atoms with Crippen molar-refractivity contribution in [2.24, 2.45) is 0 Å². The van der Waals surface area contributed by atoms with E-state index in [-0.39, 0.29) is 67.7 Å². The molecular weight excluding hydrogens is 237 g/mol. The van der Waals surface area contributed by atoms with Gasteiger partial charge in [0.1, 0.15) is 0 Å². The summed E-state index contributed by atoms with van der Waals surface area (Å²) in [5, 5.41) is 0. The second kappa shape index (κ2) is 7.32. The first kappa shape index (κ1) is 16.7. The maximum atomic E-state index is 9.51. The van der Waals surface area contributed by atoms with Crippen LogP contribution in [0.25, 0.3) is 0 Å². The van der Waals surface area contributed by atoms with Crippen molar-refractivity contribution in [3.63, 3.8) is 0 Å². The Bertz CT molecular complexity index is 84.6. The third-order valence-electron chi connectivity index (χ3n) is 0.238. The number of phosphoric acid groups is 1. The van der Waals surface area contributed by atoms with Crippen LogP contribution in [0.4, 0.5) is 0 Å². The van der Waals surface area contributed by atoms with E-state index in [1.165, 1.54) is 0 Å². The first-order valence-corrected chi connectivity index (χ1v) is 3.52. The van der Waals surface area contributed by atoms with Gasteiger partial charge in [0.05, 0.1) is 0 Å². The molecule has 0 saturated carbocycles. The zero-order valence-corrected chi connectivity index (χ0v) is 12.0. The van der Waals surface area contributed by atoms with E-state index < -0.39 is 7.82 Å². The van der Waals surface area contributed by atoms with Gasteiger partial charge in [0.15, 0.2) is 10.5 Å². The van der Waals surface area contributed by atoms with Crippen LogP contribution >= 0.6 is 7.82 Å². The van der Waals surface area contributed by atoms with E-state index in [2.05, 4.69) is 4.21 Å². The Morgan fingerprint density at radius 2 is 1.75 bits per heavy atom. The van der Waals surface area contributed by atoms with E-state index in [0.717, 1.165) is 0 Å². The van der Waals surface area contributed by atoms with Crippen molar-refractivity contribution in [1.82, 2.24) is 0 Å². The van der Waals surface area contributed by atoms with Crippen LogP contribution in [0, 0.1) is 0 Å². The zero-order chi connectivity index (χ0) is 5.21. The summed E-state index contributed by atoms with van der Waals surface area (Å²) in [7, 11) is -4.00. The molecule has 0 aromatic carbocycles. The molecule has 0 aromatic heterocycles. The predicted octanol–water partition coefficient (Wildman–Crippen LogP) is -4.51. The normalized spacial score (nSPS) is 9.25. The van der Waals surface area contributed by atoms with Gasteiger partial charge in [0.2, 0.25) is 0 Å². The van der Waals surface area contributed by atoms with Crippen LogP contribution in [-0.4, -0.2) is 20.3 Å². The Balaban J connectivity index is -0.0000000417. The molecule has 0 aromatic rings. The Hall–Kier alpha value is 2.21. The molecule has 0 atom stereocenters. The maximum absolute atomic E-state index is 9.51. The topological polar surface area (TPSA) is 66.8 Å². The Kier molecular flexibility index (Phi) is 15.2. The number of hydrogen-bond donors (Lipinski definition) is 2. The second-order valence-corrected chi connectivity index (χ2v) is 3.11. The fourth-order valence-corrected chi connectivity index (χ4v) is 0. The van der Waals surface area contributed by atoms with E-state index in [9.17, 15) is 4.57 Å². The molecule has 0 rings (SSSR count). The van der Waals surface area contributed by atoms with Gasteiger partial charge in [-0.3, -0.25) is 0 Å². The number of rotatable bonds is 1. The summed E-state index contributed by atoms with van der Waals surface area (Å²) in [6.07, 6.45) is 0. The van der Waals surface area contributed by atoms with Crippen molar-refractivity contribution in [2.45, 2.75) is 0 Å². The van der Waals surface area contributed by atoms with Gasteiger partial charge in [-0.2, -0.15) is 0 Å². The quantitative estimate of drug-likeness (QED) is 0.360. The summed E-state index contributed by atoms with van der Waals surface area (Å²) < 4.78 is 13.2. The van der Waals surface area contributed by atoms with Crippen molar-refractivity contribution in [2.75, 3.05) is 0 Å². The van der Waals surface area contributed by atoms with E-state index in [1.807, 2.05) is 0 Å². The Morgan fingerprint density at radius 1 is 1.62 bits per heavy atom. The molecule has 8 heavy (non-hydrogen) atoms. The van der Waals surface area contributed by atoms with Crippen LogP contribution in [0.2, 0.25) is 0 Å². The molecule has 44 valence electrons. The fourth-order valence-electron chi connectivity index (χ4n) is 0. The van der Waals surface area contributed by atoms with Gasteiger partial charge in [0.25, 0.3) is 0 Å². The molecule has 0 saturated heterocycles. The first-order valence-electron chi connectivity index (χ1n) is 1.17. The molecule has 0 fully saturated rings. The number of hydrogen-bond acceptors (Lipinski definition) is 2. The van der Waals surface area contributed by atoms with Gasteiger partial charge in [-0.15, -0.1) is 0 Å². The molecule has 0 radical (unpaired) electrons. The third kappa shape index (κ3) is 15.7. The van der Waals surface area contributed by atoms with E-state index in [0.29, 0.717) is 0 Å². The van der Waals surface area contributed by atoms with Gasteiger partial charge in [0, 0.05) is 26.2 Å². The summed E-state index contributed by atoms with van der Waals surface area (Å²) in [5.74, 6) is 0. The fraction of sp³-hybridized carbons (Fsp3) is 0. The van der Waals surface area contributed by atoms with Gasteiger partial charge in [-0.1, -0.05) is 0 Å². The van der Waals surface area contributed by atoms with Gasteiger partial charge >= 0.3 is 37.4 Å². The summed E-state index contributed by atoms with van der Waals surface area (Å²) in [6.45, 7) is 0. The molecule has 0 aliphatic rings. The first-order chi connectivity index (χ1) is 2.56. The van der Waals surface area contributed by atoms with Gasteiger partial charge < -0.3 is 15.4 Å². The minimum Gasteiger partial charge on any atom is -1.00 e. The average Bonchev–Trinajstić information content (AvgIpc) is 1.35. The Labute approximate surface area is 93.1 Å². The van der Waals surface area contributed by atoms with Crippen molar-refractivity contribution < 1.29 is 75.8 Å². The minimum absolute atomic E-state index is 0. The van der Waals surface area contributed by atoms with Crippen molar-refractivity contribution in [3.8, 4) is 0 Å². The van der Waals surface area contributed by atoms with Crippen molar-refractivity contribution in [1.29, 1.82) is 0 Å². The minimum atomic E-state index is -4.08. The third-order valence-corrected chi connectivity index (χ3v) is 2.14. The molecular formula is H6NaO4PSiZr. The standard InChI is InChI=1S/Na.H5O4PSi.Zr.H/c;1-5(2,3)4-6;;/h;6H3,(H2,1,2,3);;/q+1;;;-1. The van der Waals surface area contributed by atoms with Gasteiger partial charge in [-0.05, 0) is 0 Å². The van der Waals surface area contributed by atoms with Crippen molar-refractivity contribution >= 4 is 18.3 Å². The second-order valence-electron chi connectivity index (χ2n) is 0.673. The predicted molar refractivity (Wildman–Crippen MR) is 24.2 cm³/mol. The summed E-state index contributed by atoms with van der Waals surface area (Å²) in [6, 6.07) is 0. The Morgan fingerprint density at radius 3 is 1.75 bits per heavy atom. The van der Waals surface area contributed by atoms with Gasteiger partial charge in [-0.25, -0.2) is 4.57 Å². The van der Waals surface area contributed by atoms with E-state index in [4.69, 9.17) is 9.79 Å². The summed E-state index contributed by atoms with van der Waals surface area (Å²) in [4.78, 5) is 15.5. The SMILES string of the molecule is O=P(O)(O)O[SiH3].[H-].[Na+].[Zr]. The van der Waals surface area contributed by atoms with Crippen LogP contribution in [0.3, 0.4) is 0 Å². The molecule has 0 aliphatic heterocycles. The monoisotopic (exact) mass is 242 g/mol. The molecule has 0 amide bonds. The molecule has 0 aliphatic carbocycles. The molecule has 0 unspecified atom stereocenters.